The standard InChI is InChI=1S/C17H19FN2/c1-12(13-8-10-19-11-9-13)20-17(14-2-3-14)15-4-6-16(18)7-5-15/h4-12,14,17,20H,2-3H2,1H3/t12-,17?/m1/s1. The Labute approximate surface area is 119 Å². The van der Waals surface area contributed by atoms with Crippen LogP contribution in [-0.2, 0) is 0 Å². The summed E-state index contributed by atoms with van der Waals surface area (Å²) >= 11 is 0. The third-order valence-corrected chi connectivity index (χ3v) is 3.96. The highest BCUT2D eigenvalue weighted by Crippen LogP contribution is 2.42. The third-order valence-electron chi connectivity index (χ3n) is 3.96. The van der Waals surface area contributed by atoms with Gasteiger partial charge in [0.1, 0.15) is 5.82 Å². The van der Waals surface area contributed by atoms with Crippen LogP contribution in [-0.4, -0.2) is 4.98 Å². The maximum atomic E-state index is 13.1. The zero-order valence-electron chi connectivity index (χ0n) is 11.6. The Bertz CT molecular complexity index is 549. The molecule has 3 rings (SSSR count). The molecule has 20 heavy (non-hydrogen) atoms. The predicted molar refractivity (Wildman–Crippen MR) is 77.7 cm³/mol. The topological polar surface area (TPSA) is 24.9 Å². The lowest BCUT2D eigenvalue weighted by atomic mass is 10.00. The summed E-state index contributed by atoms with van der Waals surface area (Å²) in [6.07, 6.45) is 6.13. The van der Waals surface area contributed by atoms with Crippen molar-refractivity contribution < 1.29 is 4.39 Å². The zero-order valence-corrected chi connectivity index (χ0v) is 11.6. The minimum atomic E-state index is -0.175. The van der Waals surface area contributed by atoms with Crippen LogP contribution in [0.15, 0.2) is 48.8 Å². The molecule has 1 fully saturated rings. The first-order chi connectivity index (χ1) is 9.74. The monoisotopic (exact) mass is 270 g/mol. The maximum Gasteiger partial charge on any atom is 0.123 e. The zero-order chi connectivity index (χ0) is 13.9. The summed E-state index contributed by atoms with van der Waals surface area (Å²) in [7, 11) is 0. The number of rotatable bonds is 5. The third kappa shape index (κ3) is 3.05. The smallest absolute Gasteiger partial charge is 0.123 e. The van der Waals surface area contributed by atoms with Gasteiger partial charge in [0, 0.05) is 24.5 Å². The number of benzene rings is 1. The number of hydrogen-bond acceptors (Lipinski definition) is 2. The molecule has 1 N–H and O–H groups in total. The molecule has 104 valence electrons. The number of hydrogen-bond donors (Lipinski definition) is 1. The van der Waals surface area contributed by atoms with Gasteiger partial charge in [0.25, 0.3) is 0 Å². The number of halogens is 1. The molecule has 0 bridgehead atoms. The van der Waals surface area contributed by atoms with E-state index in [-0.39, 0.29) is 11.9 Å². The van der Waals surface area contributed by atoms with Gasteiger partial charge in [-0.15, -0.1) is 0 Å². The largest absolute Gasteiger partial charge is 0.303 e. The summed E-state index contributed by atoms with van der Waals surface area (Å²) in [5.41, 5.74) is 2.41. The second kappa shape index (κ2) is 5.71. The number of nitrogens with zero attached hydrogens (tertiary/aromatic N) is 1. The molecule has 2 nitrogen and oxygen atoms in total. The molecule has 0 amide bonds. The van der Waals surface area contributed by atoms with Crippen molar-refractivity contribution in [1.82, 2.24) is 10.3 Å². The van der Waals surface area contributed by atoms with E-state index < -0.39 is 0 Å². The molecule has 3 heteroatoms. The van der Waals surface area contributed by atoms with Crippen molar-refractivity contribution in [2.75, 3.05) is 0 Å². The molecule has 1 aromatic carbocycles. The fraction of sp³-hybridized carbons (Fsp3) is 0.353. The molecule has 1 aliphatic carbocycles. The molecule has 0 radical (unpaired) electrons. The van der Waals surface area contributed by atoms with E-state index in [1.54, 1.807) is 12.1 Å². The van der Waals surface area contributed by atoms with Gasteiger partial charge in [-0.1, -0.05) is 12.1 Å². The van der Waals surface area contributed by atoms with Crippen molar-refractivity contribution in [1.29, 1.82) is 0 Å². The van der Waals surface area contributed by atoms with E-state index in [2.05, 4.69) is 17.2 Å². The Morgan fingerprint density at radius 3 is 2.30 bits per heavy atom. The fourth-order valence-electron chi connectivity index (χ4n) is 2.62. The van der Waals surface area contributed by atoms with Crippen molar-refractivity contribution in [3.8, 4) is 0 Å². The van der Waals surface area contributed by atoms with Gasteiger partial charge in [0.05, 0.1) is 0 Å². The second-order valence-electron chi connectivity index (χ2n) is 5.54. The molecule has 1 aromatic heterocycles. The quantitative estimate of drug-likeness (QED) is 0.887. The van der Waals surface area contributed by atoms with Gasteiger partial charge in [-0.25, -0.2) is 4.39 Å². The summed E-state index contributed by atoms with van der Waals surface area (Å²) < 4.78 is 13.1. The minimum Gasteiger partial charge on any atom is -0.303 e. The predicted octanol–water partition coefficient (Wildman–Crippen LogP) is 4.02. The lowest BCUT2D eigenvalue weighted by Gasteiger charge is -2.24. The molecule has 1 aliphatic rings. The lowest BCUT2D eigenvalue weighted by molar-refractivity contribution is 0.427. The summed E-state index contributed by atoms with van der Waals surface area (Å²) in [6.45, 7) is 2.16. The van der Waals surface area contributed by atoms with Crippen molar-refractivity contribution in [3.05, 3.63) is 65.7 Å². The van der Waals surface area contributed by atoms with Gasteiger partial charge >= 0.3 is 0 Å². The highest BCUT2D eigenvalue weighted by atomic mass is 19.1. The van der Waals surface area contributed by atoms with E-state index >= 15 is 0 Å². The van der Waals surface area contributed by atoms with E-state index in [0.717, 1.165) is 0 Å². The van der Waals surface area contributed by atoms with Crippen LogP contribution in [0.2, 0.25) is 0 Å². The molecule has 2 atom stereocenters. The molecule has 0 aliphatic heterocycles. The first-order valence-electron chi connectivity index (χ1n) is 7.15. The van der Waals surface area contributed by atoms with E-state index in [1.807, 2.05) is 36.7 Å². The molecule has 2 aromatic rings. The number of nitrogens with one attached hydrogen (secondary N) is 1. The van der Waals surface area contributed by atoms with Crippen molar-refractivity contribution >= 4 is 0 Å². The Hall–Kier alpha value is -1.74. The highest BCUT2D eigenvalue weighted by molar-refractivity contribution is 5.23. The van der Waals surface area contributed by atoms with Crippen molar-refractivity contribution in [2.45, 2.75) is 31.8 Å². The lowest BCUT2D eigenvalue weighted by Crippen LogP contribution is -2.26. The average Bonchev–Trinajstić information content (AvgIpc) is 3.31. The van der Waals surface area contributed by atoms with E-state index in [0.29, 0.717) is 12.0 Å². The Morgan fingerprint density at radius 1 is 1.05 bits per heavy atom. The van der Waals surface area contributed by atoms with Gasteiger partial charge in [-0.3, -0.25) is 4.98 Å². The molecule has 0 spiro atoms. The summed E-state index contributed by atoms with van der Waals surface area (Å²) in [5, 5.41) is 3.68. The van der Waals surface area contributed by atoms with E-state index in [1.165, 1.54) is 24.0 Å². The average molecular weight is 270 g/mol. The molecule has 1 heterocycles. The van der Waals surface area contributed by atoms with E-state index in [9.17, 15) is 4.39 Å². The Morgan fingerprint density at radius 2 is 1.70 bits per heavy atom. The normalized spacial score (nSPS) is 17.7. The fourth-order valence-corrected chi connectivity index (χ4v) is 2.62. The van der Waals surface area contributed by atoms with Crippen LogP contribution < -0.4 is 5.32 Å². The SMILES string of the molecule is C[C@@H](NC(c1ccc(F)cc1)C1CC1)c1ccncc1. The molecule has 0 saturated heterocycles. The Balaban J connectivity index is 1.76. The first kappa shape index (κ1) is 13.3. The summed E-state index contributed by atoms with van der Waals surface area (Å²) in [4.78, 5) is 4.05. The molecule has 1 unspecified atom stereocenters. The number of pyridine rings is 1. The van der Waals surface area contributed by atoms with Gasteiger partial charge in [-0.2, -0.15) is 0 Å². The van der Waals surface area contributed by atoms with Gasteiger partial charge in [0.15, 0.2) is 0 Å². The van der Waals surface area contributed by atoms with Crippen molar-refractivity contribution in [3.63, 3.8) is 0 Å². The van der Waals surface area contributed by atoms with Crippen LogP contribution in [0.25, 0.3) is 0 Å². The second-order valence-corrected chi connectivity index (χ2v) is 5.54. The highest BCUT2D eigenvalue weighted by Gasteiger charge is 2.33. The van der Waals surface area contributed by atoms with Crippen LogP contribution in [0.4, 0.5) is 4.39 Å². The van der Waals surface area contributed by atoms with E-state index in [4.69, 9.17) is 0 Å². The Kier molecular flexibility index (Phi) is 3.79. The first-order valence-corrected chi connectivity index (χ1v) is 7.15. The summed E-state index contributed by atoms with van der Waals surface area (Å²) in [5.74, 6) is 0.496. The van der Waals surface area contributed by atoms with Crippen LogP contribution in [0.5, 0.6) is 0 Å². The minimum absolute atomic E-state index is 0.175. The summed E-state index contributed by atoms with van der Waals surface area (Å²) in [6, 6.07) is 11.5. The van der Waals surface area contributed by atoms with Crippen molar-refractivity contribution in [2.24, 2.45) is 5.92 Å². The molecular formula is C17H19FN2. The number of aromatic nitrogens is 1. The maximum absolute atomic E-state index is 13.1. The van der Waals surface area contributed by atoms with Crippen LogP contribution in [0, 0.1) is 11.7 Å². The molecule has 1 saturated carbocycles. The van der Waals surface area contributed by atoms with Gasteiger partial charge in [-0.05, 0) is 61.1 Å². The van der Waals surface area contributed by atoms with Gasteiger partial charge < -0.3 is 5.32 Å². The van der Waals surface area contributed by atoms with Crippen LogP contribution in [0.3, 0.4) is 0 Å². The van der Waals surface area contributed by atoms with Crippen LogP contribution in [0.1, 0.15) is 43.0 Å². The molecular weight excluding hydrogens is 251 g/mol. The van der Waals surface area contributed by atoms with Crippen LogP contribution >= 0.6 is 0 Å². The van der Waals surface area contributed by atoms with Gasteiger partial charge in [0.2, 0.25) is 0 Å².